The molecule has 0 saturated heterocycles. The molecule has 2 aromatic rings. The molecule has 0 N–H and O–H groups in total. The minimum Gasteiger partial charge on any atom is -0.497 e. The van der Waals surface area contributed by atoms with E-state index >= 15 is 0 Å². The van der Waals surface area contributed by atoms with Crippen molar-refractivity contribution in [3.8, 4) is 5.75 Å². The average Bonchev–Trinajstić information content (AvgIpc) is 3.26. The number of carbonyl (C=O) groups excluding carboxylic acids is 1. The summed E-state index contributed by atoms with van der Waals surface area (Å²) in [6, 6.07) is 8.04. The van der Waals surface area contributed by atoms with Crippen molar-refractivity contribution in [2.75, 3.05) is 14.2 Å². The first-order valence-corrected chi connectivity index (χ1v) is 8.82. The molecule has 1 aliphatic carbocycles. The van der Waals surface area contributed by atoms with Crippen LogP contribution in [0.25, 0.3) is 0 Å². The molecule has 1 aromatic carbocycles. The molecule has 0 bridgehead atoms. The third kappa shape index (κ3) is 3.55. The van der Waals surface area contributed by atoms with Gasteiger partial charge in [-0.3, -0.25) is 4.79 Å². The lowest BCUT2D eigenvalue weighted by Crippen LogP contribution is -2.28. The minimum absolute atomic E-state index is 0.109. The fourth-order valence-electron chi connectivity index (χ4n) is 2.88. The molecule has 1 aliphatic rings. The van der Waals surface area contributed by atoms with Gasteiger partial charge in [0.05, 0.1) is 24.4 Å². The summed E-state index contributed by atoms with van der Waals surface area (Å²) in [6.45, 7) is 2.70. The van der Waals surface area contributed by atoms with E-state index in [0.717, 1.165) is 29.3 Å². The molecule has 23 heavy (non-hydrogen) atoms. The molecule has 1 saturated carbocycles. The highest BCUT2D eigenvalue weighted by Crippen LogP contribution is 2.48. The Morgan fingerprint density at radius 2 is 2.13 bits per heavy atom. The van der Waals surface area contributed by atoms with E-state index in [1.807, 2.05) is 24.1 Å². The molecule has 2 atom stereocenters. The van der Waals surface area contributed by atoms with Gasteiger partial charge in [-0.1, -0.05) is 19.1 Å². The van der Waals surface area contributed by atoms with Crippen LogP contribution in [-0.4, -0.2) is 29.9 Å². The van der Waals surface area contributed by atoms with Crippen LogP contribution in [0.15, 0.2) is 29.6 Å². The van der Waals surface area contributed by atoms with Crippen LogP contribution in [0.4, 0.5) is 0 Å². The zero-order valence-electron chi connectivity index (χ0n) is 13.8. The molecule has 1 aromatic heterocycles. The first kappa shape index (κ1) is 16.0. The summed E-state index contributed by atoms with van der Waals surface area (Å²) < 4.78 is 5.18. The predicted molar refractivity (Wildman–Crippen MR) is 91.8 cm³/mol. The van der Waals surface area contributed by atoms with Crippen molar-refractivity contribution in [2.24, 2.45) is 5.92 Å². The molecule has 1 fully saturated rings. The Morgan fingerprint density at radius 3 is 2.74 bits per heavy atom. The Hall–Kier alpha value is -1.88. The lowest BCUT2D eigenvalue weighted by molar-refractivity contribution is -0.131. The topological polar surface area (TPSA) is 42.4 Å². The van der Waals surface area contributed by atoms with Gasteiger partial charge < -0.3 is 9.64 Å². The Morgan fingerprint density at radius 1 is 1.39 bits per heavy atom. The van der Waals surface area contributed by atoms with Gasteiger partial charge in [-0.25, -0.2) is 4.98 Å². The maximum atomic E-state index is 12.6. The summed E-state index contributed by atoms with van der Waals surface area (Å²) in [7, 11) is 3.53. The van der Waals surface area contributed by atoms with Crippen molar-refractivity contribution in [2.45, 2.75) is 32.2 Å². The normalized spacial score (nSPS) is 19.4. The second-order valence-corrected chi connectivity index (χ2v) is 6.94. The number of methoxy groups -OCH3 is 1. The number of amides is 1. The van der Waals surface area contributed by atoms with E-state index in [1.54, 1.807) is 18.4 Å². The van der Waals surface area contributed by atoms with Crippen molar-refractivity contribution in [3.63, 3.8) is 0 Å². The molecule has 0 unspecified atom stereocenters. The molecule has 0 aliphatic heterocycles. The highest BCUT2D eigenvalue weighted by atomic mass is 32.1. The van der Waals surface area contributed by atoms with Crippen molar-refractivity contribution < 1.29 is 9.53 Å². The first-order valence-electron chi connectivity index (χ1n) is 7.94. The van der Waals surface area contributed by atoms with E-state index in [1.165, 1.54) is 5.56 Å². The lowest BCUT2D eigenvalue weighted by atomic mass is 10.1. The molecule has 5 heteroatoms. The number of benzene rings is 1. The van der Waals surface area contributed by atoms with Crippen molar-refractivity contribution in [3.05, 3.63) is 45.9 Å². The molecular weight excluding hydrogens is 308 g/mol. The number of hydrogen-bond donors (Lipinski definition) is 0. The molecule has 0 radical (unpaired) electrons. The van der Waals surface area contributed by atoms with E-state index in [9.17, 15) is 4.79 Å². The van der Waals surface area contributed by atoms with E-state index in [0.29, 0.717) is 12.5 Å². The van der Waals surface area contributed by atoms with E-state index in [-0.39, 0.29) is 11.8 Å². The lowest BCUT2D eigenvalue weighted by Gasteiger charge is -2.16. The number of ether oxygens (including phenoxy) is 1. The zero-order chi connectivity index (χ0) is 16.4. The maximum Gasteiger partial charge on any atom is 0.226 e. The predicted octanol–water partition coefficient (Wildman–Crippen LogP) is 3.48. The third-order valence-electron chi connectivity index (χ3n) is 4.33. The second kappa shape index (κ2) is 6.71. The van der Waals surface area contributed by atoms with Gasteiger partial charge in [0.15, 0.2) is 0 Å². The zero-order valence-corrected chi connectivity index (χ0v) is 14.6. The molecule has 3 rings (SSSR count). The summed E-state index contributed by atoms with van der Waals surface area (Å²) in [5.41, 5.74) is 2.21. The van der Waals surface area contributed by atoms with Crippen molar-refractivity contribution in [1.29, 1.82) is 0 Å². The Bertz CT molecular complexity index is 681. The molecule has 122 valence electrons. The van der Waals surface area contributed by atoms with Gasteiger partial charge in [-0.2, -0.15) is 0 Å². The number of aromatic nitrogens is 1. The monoisotopic (exact) mass is 330 g/mol. The maximum absolute atomic E-state index is 12.6. The van der Waals surface area contributed by atoms with Gasteiger partial charge in [-0.15, -0.1) is 11.3 Å². The summed E-state index contributed by atoms with van der Waals surface area (Å²) in [4.78, 5) is 18.9. The Kier molecular flexibility index (Phi) is 4.66. The number of hydrogen-bond acceptors (Lipinski definition) is 4. The van der Waals surface area contributed by atoms with Gasteiger partial charge in [0.1, 0.15) is 5.75 Å². The SMILES string of the molecule is CCc1nc(CN(C)C(=O)[C@H]2C[C@@H]2c2ccc(OC)cc2)cs1. The van der Waals surface area contributed by atoms with Crippen LogP contribution in [0.3, 0.4) is 0 Å². The first-order chi connectivity index (χ1) is 11.1. The number of carbonyl (C=O) groups is 1. The van der Waals surface area contributed by atoms with Crippen LogP contribution in [0.2, 0.25) is 0 Å². The minimum atomic E-state index is 0.109. The van der Waals surface area contributed by atoms with E-state index < -0.39 is 0 Å². The summed E-state index contributed by atoms with van der Waals surface area (Å²) in [5, 5.41) is 3.18. The highest BCUT2D eigenvalue weighted by Gasteiger charge is 2.45. The van der Waals surface area contributed by atoms with Crippen LogP contribution in [-0.2, 0) is 17.8 Å². The molecule has 1 heterocycles. The average molecular weight is 330 g/mol. The van der Waals surface area contributed by atoms with Gasteiger partial charge in [0.2, 0.25) is 5.91 Å². The summed E-state index contributed by atoms with van der Waals surface area (Å²) >= 11 is 1.67. The largest absolute Gasteiger partial charge is 0.497 e. The van der Waals surface area contributed by atoms with Crippen LogP contribution in [0.1, 0.15) is 35.5 Å². The molecule has 0 spiro atoms. The second-order valence-electron chi connectivity index (χ2n) is 6.00. The third-order valence-corrected chi connectivity index (χ3v) is 5.37. The van der Waals surface area contributed by atoms with Gasteiger partial charge in [-0.05, 0) is 36.5 Å². The number of nitrogens with zero attached hydrogens (tertiary/aromatic N) is 2. The van der Waals surface area contributed by atoms with Crippen LogP contribution in [0, 0.1) is 5.92 Å². The van der Waals surface area contributed by atoms with Crippen molar-refractivity contribution >= 4 is 17.2 Å². The van der Waals surface area contributed by atoms with Gasteiger partial charge in [0, 0.05) is 18.3 Å². The number of thiazole rings is 1. The Balaban J connectivity index is 1.58. The molecular formula is C18H22N2O2S. The molecule has 1 amide bonds. The van der Waals surface area contributed by atoms with Crippen LogP contribution >= 0.6 is 11.3 Å². The smallest absolute Gasteiger partial charge is 0.226 e. The van der Waals surface area contributed by atoms with Crippen LogP contribution in [0.5, 0.6) is 5.75 Å². The van der Waals surface area contributed by atoms with Gasteiger partial charge >= 0.3 is 0 Å². The summed E-state index contributed by atoms with van der Waals surface area (Å²) in [6.07, 6.45) is 1.89. The fourth-order valence-corrected chi connectivity index (χ4v) is 3.61. The Labute approximate surface area is 141 Å². The quantitative estimate of drug-likeness (QED) is 0.814. The number of aryl methyl sites for hydroxylation is 1. The standard InChI is InChI=1S/C18H22N2O2S/c1-4-17-19-13(11-23-17)10-20(2)18(21)16-9-15(16)12-5-7-14(22-3)8-6-12/h5-8,11,15-16H,4,9-10H2,1-3H3/t15-,16+/m1/s1. The number of rotatable bonds is 6. The van der Waals surface area contributed by atoms with Gasteiger partial charge in [0.25, 0.3) is 0 Å². The van der Waals surface area contributed by atoms with Crippen LogP contribution < -0.4 is 4.74 Å². The fraction of sp³-hybridized carbons (Fsp3) is 0.444. The highest BCUT2D eigenvalue weighted by molar-refractivity contribution is 7.09. The van der Waals surface area contributed by atoms with E-state index in [4.69, 9.17) is 4.74 Å². The summed E-state index contributed by atoms with van der Waals surface area (Å²) in [5.74, 6) is 1.52. The molecule has 4 nitrogen and oxygen atoms in total. The van der Waals surface area contributed by atoms with E-state index in [2.05, 4.69) is 29.4 Å². The van der Waals surface area contributed by atoms with Crippen molar-refractivity contribution in [1.82, 2.24) is 9.88 Å².